The van der Waals surface area contributed by atoms with Crippen LogP contribution in [0.5, 0.6) is 11.5 Å². The molecule has 0 saturated heterocycles. The normalized spacial score (nSPS) is 15.6. The molecular weight excluding hydrogens is 356 g/mol. The van der Waals surface area contributed by atoms with Gasteiger partial charge in [-0.25, -0.2) is 4.79 Å². The number of carbonyl (C=O) groups excluding carboxylic acids is 2. The molecule has 1 aliphatic rings. The Labute approximate surface area is 155 Å². The highest BCUT2D eigenvalue weighted by Gasteiger charge is 2.23. The minimum Gasteiger partial charge on any atom is -0.486 e. The first-order chi connectivity index (χ1) is 12.6. The summed E-state index contributed by atoms with van der Waals surface area (Å²) in [5.74, 6) is 0.766. The Morgan fingerprint density at radius 1 is 1.31 bits per heavy atom. The van der Waals surface area contributed by atoms with Crippen molar-refractivity contribution in [3.05, 3.63) is 40.6 Å². The Hall–Kier alpha value is -2.58. The fraction of sp³-hybridized carbons (Fsp3) is 0.333. The number of ether oxygens (including phenoxy) is 3. The van der Waals surface area contributed by atoms with Gasteiger partial charge in [0.05, 0.1) is 19.3 Å². The second kappa shape index (κ2) is 8.20. The van der Waals surface area contributed by atoms with Crippen LogP contribution >= 0.6 is 11.3 Å². The zero-order chi connectivity index (χ0) is 18.5. The third-order valence-electron chi connectivity index (χ3n) is 3.81. The van der Waals surface area contributed by atoms with Crippen LogP contribution in [0.2, 0.25) is 0 Å². The van der Waals surface area contributed by atoms with Crippen LogP contribution in [-0.2, 0) is 9.53 Å². The molecule has 138 valence electrons. The van der Waals surface area contributed by atoms with Gasteiger partial charge in [0, 0.05) is 6.54 Å². The van der Waals surface area contributed by atoms with Crippen LogP contribution in [0.3, 0.4) is 0 Å². The molecular formula is C18H20N2O5S. The van der Waals surface area contributed by atoms with Gasteiger partial charge >= 0.3 is 5.97 Å². The summed E-state index contributed by atoms with van der Waals surface area (Å²) in [7, 11) is 3.14. The predicted octanol–water partition coefficient (Wildman–Crippen LogP) is 2.25. The summed E-state index contributed by atoms with van der Waals surface area (Å²) in [5, 5.41) is 4.48. The highest BCUT2D eigenvalue weighted by atomic mass is 32.1. The maximum absolute atomic E-state index is 12.3. The molecule has 1 atom stereocenters. The van der Waals surface area contributed by atoms with Crippen LogP contribution < -0.4 is 14.8 Å². The molecule has 0 aliphatic carbocycles. The number of benzene rings is 1. The van der Waals surface area contributed by atoms with E-state index in [0.717, 1.165) is 5.75 Å². The van der Waals surface area contributed by atoms with Gasteiger partial charge in [-0.05, 0) is 30.6 Å². The van der Waals surface area contributed by atoms with Gasteiger partial charge in [-0.15, -0.1) is 11.3 Å². The van der Waals surface area contributed by atoms with Crippen molar-refractivity contribution < 1.29 is 23.8 Å². The van der Waals surface area contributed by atoms with Crippen LogP contribution in [0.25, 0.3) is 0 Å². The van der Waals surface area contributed by atoms with E-state index in [4.69, 9.17) is 14.2 Å². The molecule has 2 aromatic rings. The second-order valence-electron chi connectivity index (χ2n) is 5.90. The number of nitrogens with zero attached hydrogens (tertiary/aromatic N) is 1. The summed E-state index contributed by atoms with van der Waals surface area (Å²) in [6.07, 6.45) is -0.158. The van der Waals surface area contributed by atoms with Crippen molar-refractivity contribution in [2.75, 3.05) is 39.2 Å². The second-order valence-corrected chi connectivity index (χ2v) is 6.81. The smallest absolute Gasteiger partial charge is 0.350 e. The van der Waals surface area contributed by atoms with E-state index in [2.05, 4.69) is 5.32 Å². The number of anilines is 1. The van der Waals surface area contributed by atoms with E-state index < -0.39 is 5.97 Å². The van der Waals surface area contributed by atoms with E-state index in [1.165, 1.54) is 18.4 Å². The number of fused-ring (bicyclic) bond motifs is 1. The Balaban J connectivity index is 1.51. The molecule has 1 aromatic heterocycles. The molecule has 0 saturated carbocycles. The number of carbonyl (C=O) groups is 2. The Morgan fingerprint density at radius 2 is 2.08 bits per heavy atom. The fourth-order valence-corrected chi connectivity index (χ4v) is 3.42. The lowest BCUT2D eigenvalue weighted by atomic mass is 10.2. The molecule has 0 radical (unpaired) electrons. The van der Waals surface area contributed by atoms with Crippen molar-refractivity contribution in [2.45, 2.75) is 6.10 Å². The number of amides is 1. The van der Waals surface area contributed by atoms with E-state index in [9.17, 15) is 9.59 Å². The van der Waals surface area contributed by atoms with E-state index in [1.54, 1.807) is 11.4 Å². The first-order valence-corrected chi connectivity index (χ1v) is 8.97. The summed E-state index contributed by atoms with van der Waals surface area (Å²) < 4.78 is 16.3. The summed E-state index contributed by atoms with van der Waals surface area (Å²) in [6.45, 7) is 1.13. The molecule has 7 nitrogen and oxygen atoms in total. The maximum atomic E-state index is 12.3. The molecule has 1 N–H and O–H groups in total. The topological polar surface area (TPSA) is 77.1 Å². The molecule has 0 fully saturated rings. The average molecular weight is 376 g/mol. The number of thiophene rings is 1. The fourth-order valence-electron chi connectivity index (χ4n) is 2.66. The first kappa shape index (κ1) is 18.2. The quantitative estimate of drug-likeness (QED) is 0.779. The van der Waals surface area contributed by atoms with Crippen LogP contribution in [-0.4, -0.2) is 56.7 Å². The average Bonchev–Trinajstić information content (AvgIpc) is 3.08. The third kappa shape index (κ3) is 4.33. The van der Waals surface area contributed by atoms with Crippen molar-refractivity contribution in [3.63, 3.8) is 0 Å². The number of methoxy groups -OCH3 is 1. The minimum atomic E-state index is -0.463. The largest absolute Gasteiger partial charge is 0.486 e. The molecule has 3 rings (SSSR count). The molecule has 8 heteroatoms. The van der Waals surface area contributed by atoms with Crippen molar-refractivity contribution in [1.82, 2.24) is 4.90 Å². The maximum Gasteiger partial charge on any atom is 0.350 e. The lowest BCUT2D eigenvalue weighted by Gasteiger charge is -2.29. The summed E-state index contributed by atoms with van der Waals surface area (Å²) in [6, 6.07) is 9.19. The minimum absolute atomic E-state index is 0.158. The summed E-state index contributed by atoms with van der Waals surface area (Å²) >= 11 is 1.23. The van der Waals surface area contributed by atoms with E-state index in [-0.39, 0.29) is 18.6 Å². The number of hydrogen-bond donors (Lipinski definition) is 1. The van der Waals surface area contributed by atoms with Crippen molar-refractivity contribution in [3.8, 4) is 11.5 Å². The van der Waals surface area contributed by atoms with E-state index in [1.807, 2.05) is 36.2 Å². The molecule has 1 unspecified atom stereocenters. The first-order valence-electron chi connectivity index (χ1n) is 8.09. The monoisotopic (exact) mass is 376 g/mol. The number of para-hydroxylation sites is 2. The molecule has 26 heavy (non-hydrogen) atoms. The summed E-state index contributed by atoms with van der Waals surface area (Å²) in [4.78, 5) is 26.1. The van der Waals surface area contributed by atoms with Crippen LogP contribution in [0.4, 0.5) is 5.69 Å². The van der Waals surface area contributed by atoms with Crippen LogP contribution in [0.15, 0.2) is 35.7 Å². The number of nitrogens with one attached hydrogen (secondary N) is 1. The van der Waals surface area contributed by atoms with Crippen molar-refractivity contribution >= 4 is 28.9 Å². The standard InChI is InChI=1S/C18H20N2O5S/c1-20(9-12-11-24-14-5-3-4-6-15(14)25-12)10-16(21)19-13-7-8-26-17(13)18(22)23-2/h3-8,12H,9-11H2,1-2H3,(H,19,21). The van der Waals surface area contributed by atoms with E-state index in [0.29, 0.717) is 29.5 Å². The lowest BCUT2D eigenvalue weighted by Crippen LogP contribution is -2.42. The van der Waals surface area contributed by atoms with E-state index >= 15 is 0 Å². The Bertz CT molecular complexity index is 791. The van der Waals surface area contributed by atoms with Gasteiger partial charge in [0.1, 0.15) is 17.6 Å². The molecule has 1 aliphatic heterocycles. The highest BCUT2D eigenvalue weighted by Crippen LogP contribution is 2.31. The van der Waals surface area contributed by atoms with Gasteiger partial charge in [-0.3, -0.25) is 9.69 Å². The molecule has 0 bridgehead atoms. The van der Waals surface area contributed by atoms with Crippen LogP contribution in [0.1, 0.15) is 9.67 Å². The Morgan fingerprint density at radius 3 is 2.85 bits per heavy atom. The lowest BCUT2D eigenvalue weighted by molar-refractivity contribution is -0.117. The number of rotatable bonds is 6. The van der Waals surface area contributed by atoms with Gasteiger partial charge in [0.2, 0.25) is 5.91 Å². The zero-order valence-electron chi connectivity index (χ0n) is 14.6. The predicted molar refractivity (Wildman–Crippen MR) is 98.1 cm³/mol. The molecule has 2 heterocycles. The number of esters is 1. The van der Waals surface area contributed by atoms with Gasteiger partial charge < -0.3 is 19.5 Å². The number of hydrogen-bond acceptors (Lipinski definition) is 7. The molecule has 1 amide bonds. The Kier molecular flexibility index (Phi) is 5.75. The molecule has 0 spiro atoms. The van der Waals surface area contributed by atoms with Gasteiger partial charge in [0.15, 0.2) is 11.5 Å². The van der Waals surface area contributed by atoms with Gasteiger partial charge in [0.25, 0.3) is 0 Å². The summed E-state index contributed by atoms with van der Waals surface area (Å²) in [5.41, 5.74) is 0.464. The number of likely N-dealkylation sites (N-methyl/N-ethyl adjacent to an activating group) is 1. The molecule has 1 aromatic carbocycles. The van der Waals surface area contributed by atoms with Crippen molar-refractivity contribution in [2.24, 2.45) is 0 Å². The van der Waals surface area contributed by atoms with Crippen molar-refractivity contribution in [1.29, 1.82) is 0 Å². The van der Waals surface area contributed by atoms with Gasteiger partial charge in [-0.1, -0.05) is 12.1 Å². The SMILES string of the molecule is COC(=O)c1sccc1NC(=O)CN(C)CC1COc2ccccc2O1. The van der Waals surface area contributed by atoms with Crippen LogP contribution in [0, 0.1) is 0 Å². The highest BCUT2D eigenvalue weighted by molar-refractivity contribution is 7.12. The van der Waals surface area contributed by atoms with Gasteiger partial charge in [-0.2, -0.15) is 0 Å². The zero-order valence-corrected chi connectivity index (χ0v) is 15.4. The third-order valence-corrected chi connectivity index (χ3v) is 4.70.